The molecule has 0 radical (unpaired) electrons. The lowest BCUT2D eigenvalue weighted by Gasteiger charge is -2.27. The topological polar surface area (TPSA) is 30.5 Å². The van der Waals surface area contributed by atoms with Crippen LogP contribution in [0.25, 0.3) is 0 Å². The highest BCUT2D eigenvalue weighted by Gasteiger charge is 2.22. The smallest absolute Gasteiger partial charge is 0.161 e. The van der Waals surface area contributed by atoms with Gasteiger partial charge in [-0.05, 0) is 44.4 Å². The van der Waals surface area contributed by atoms with E-state index < -0.39 is 0 Å². The monoisotopic (exact) mass is 311 g/mol. The van der Waals surface area contributed by atoms with Crippen LogP contribution in [-0.4, -0.2) is 31.7 Å². The summed E-state index contributed by atoms with van der Waals surface area (Å²) in [4.78, 5) is 0. The summed E-state index contributed by atoms with van der Waals surface area (Å²) in [7, 11) is 0. The Morgan fingerprint density at radius 3 is 2.57 bits per heavy atom. The summed E-state index contributed by atoms with van der Waals surface area (Å²) in [5, 5.41) is 3.80. The predicted octanol–water partition coefficient (Wildman–Crippen LogP) is 3.85. The van der Waals surface area contributed by atoms with E-state index in [1.807, 2.05) is 31.2 Å². The lowest BCUT2D eigenvalue weighted by molar-refractivity contribution is 0.269. The van der Waals surface area contributed by atoms with Gasteiger partial charge in [-0.25, -0.2) is 0 Å². The van der Waals surface area contributed by atoms with Crippen molar-refractivity contribution < 1.29 is 9.47 Å². The SMILES string of the molecule is CCOc1ccccc1OCCNCC1CCCCC1Cl. The molecule has 0 saturated heterocycles. The number of rotatable bonds is 8. The number of ether oxygens (including phenoxy) is 2. The maximum Gasteiger partial charge on any atom is 0.161 e. The minimum absolute atomic E-state index is 0.339. The number of hydrogen-bond acceptors (Lipinski definition) is 3. The average molecular weight is 312 g/mol. The van der Waals surface area contributed by atoms with Crippen LogP contribution in [0, 0.1) is 5.92 Å². The second-order valence-electron chi connectivity index (χ2n) is 5.49. The third-order valence-corrected chi connectivity index (χ3v) is 4.48. The van der Waals surface area contributed by atoms with Gasteiger partial charge in [0.15, 0.2) is 11.5 Å². The summed E-state index contributed by atoms with van der Waals surface area (Å²) in [5.41, 5.74) is 0. The van der Waals surface area contributed by atoms with E-state index in [1.165, 1.54) is 19.3 Å². The summed E-state index contributed by atoms with van der Waals surface area (Å²) < 4.78 is 11.3. The van der Waals surface area contributed by atoms with Crippen LogP contribution >= 0.6 is 11.6 Å². The normalized spacial score (nSPS) is 22.0. The quantitative estimate of drug-likeness (QED) is 0.584. The van der Waals surface area contributed by atoms with Gasteiger partial charge in [0, 0.05) is 11.9 Å². The molecule has 118 valence electrons. The Bertz CT molecular complexity index is 414. The second kappa shape index (κ2) is 9.16. The van der Waals surface area contributed by atoms with Crippen LogP contribution in [0.5, 0.6) is 11.5 Å². The molecule has 2 unspecified atom stereocenters. The summed E-state index contributed by atoms with van der Waals surface area (Å²) >= 11 is 6.36. The molecule has 1 aliphatic rings. The van der Waals surface area contributed by atoms with Crippen LogP contribution < -0.4 is 14.8 Å². The van der Waals surface area contributed by atoms with Crippen LogP contribution in [0.4, 0.5) is 0 Å². The first-order valence-corrected chi connectivity index (χ1v) is 8.44. The lowest BCUT2D eigenvalue weighted by atomic mass is 9.89. The summed E-state index contributed by atoms with van der Waals surface area (Å²) in [6, 6.07) is 7.80. The Kier molecular flexibility index (Phi) is 7.17. The molecule has 1 aromatic rings. The van der Waals surface area contributed by atoms with Gasteiger partial charge in [0.05, 0.1) is 6.61 Å². The Labute approximate surface area is 133 Å². The van der Waals surface area contributed by atoms with Crippen LogP contribution in [0.15, 0.2) is 24.3 Å². The minimum Gasteiger partial charge on any atom is -0.490 e. The minimum atomic E-state index is 0.339. The molecule has 0 bridgehead atoms. The highest BCUT2D eigenvalue weighted by molar-refractivity contribution is 6.20. The average Bonchev–Trinajstić information content (AvgIpc) is 2.50. The highest BCUT2D eigenvalue weighted by atomic mass is 35.5. The maximum absolute atomic E-state index is 6.36. The molecule has 0 aromatic heterocycles. The summed E-state index contributed by atoms with van der Waals surface area (Å²) in [6.07, 6.45) is 5.00. The van der Waals surface area contributed by atoms with Gasteiger partial charge in [-0.2, -0.15) is 0 Å². The fourth-order valence-electron chi connectivity index (χ4n) is 2.76. The van der Waals surface area contributed by atoms with Gasteiger partial charge >= 0.3 is 0 Å². The van der Waals surface area contributed by atoms with Crippen molar-refractivity contribution in [2.75, 3.05) is 26.3 Å². The molecule has 2 atom stereocenters. The molecule has 1 aromatic carbocycles. The van der Waals surface area contributed by atoms with Crippen molar-refractivity contribution in [3.63, 3.8) is 0 Å². The van der Waals surface area contributed by atoms with E-state index in [2.05, 4.69) is 5.32 Å². The zero-order valence-corrected chi connectivity index (χ0v) is 13.6. The number of halogens is 1. The molecule has 0 amide bonds. The zero-order chi connectivity index (χ0) is 14.9. The van der Waals surface area contributed by atoms with Crippen molar-refractivity contribution in [1.29, 1.82) is 0 Å². The second-order valence-corrected chi connectivity index (χ2v) is 6.05. The van der Waals surface area contributed by atoms with Gasteiger partial charge in [0.25, 0.3) is 0 Å². The van der Waals surface area contributed by atoms with Crippen molar-refractivity contribution in [2.24, 2.45) is 5.92 Å². The summed E-state index contributed by atoms with van der Waals surface area (Å²) in [6.45, 7) is 5.09. The molecule has 0 spiro atoms. The third-order valence-electron chi connectivity index (χ3n) is 3.91. The first kappa shape index (κ1) is 16.4. The number of hydrogen-bond donors (Lipinski definition) is 1. The highest BCUT2D eigenvalue weighted by Crippen LogP contribution is 2.28. The van der Waals surface area contributed by atoms with E-state index in [9.17, 15) is 0 Å². The predicted molar refractivity (Wildman–Crippen MR) is 87.6 cm³/mol. The molecular formula is C17H26ClNO2. The first-order valence-electron chi connectivity index (χ1n) is 8.00. The Morgan fingerprint density at radius 2 is 1.86 bits per heavy atom. The molecule has 1 N–H and O–H groups in total. The molecule has 2 rings (SSSR count). The molecule has 4 heteroatoms. The molecule has 1 fully saturated rings. The summed E-state index contributed by atoms with van der Waals surface area (Å²) in [5.74, 6) is 2.23. The third kappa shape index (κ3) is 5.40. The molecule has 3 nitrogen and oxygen atoms in total. The van der Waals surface area contributed by atoms with Gasteiger partial charge in [-0.15, -0.1) is 11.6 Å². The number of para-hydroxylation sites is 2. The molecule has 1 aliphatic carbocycles. The Balaban J connectivity index is 1.65. The number of alkyl halides is 1. The van der Waals surface area contributed by atoms with Gasteiger partial charge in [-0.1, -0.05) is 25.0 Å². The van der Waals surface area contributed by atoms with E-state index >= 15 is 0 Å². The Hall–Kier alpha value is -0.930. The van der Waals surface area contributed by atoms with E-state index in [1.54, 1.807) is 0 Å². The number of nitrogens with one attached hydrogen (secondary N) is 1. The molecular weight excluding hydrogens is 286 g/mol. The van der Waals surface area contributed by atoms with Gasteiger partial charge in [0.2, 0.25) is 0 Å². The van der Waals surface area contributed by atoms with E-state index in [0.717, 1.165) is 31.0 Å². The fraction of sp³-hybridized carbons (Fsp3) is 0.647. The largest absolute Gasteiger partial charge is 0.490 e. The fourth-order valence-corrected chi connectivity index (χ4v) is 3.13. The van der Waals surface area contributed by atoms with Crippen LogP contribution in [0.1, 0.15) is 32.6 Å². The van der Waals surface area contributed by atoms with E-state index in [4.69, 9.17) is 21.1 Å². The number of benzene rings is 1. The molecule has 0 heterocycles. The van der Waals surface area contributed by atoms with Gasteiger partial charge in [0.1, 0.15) is 6.61 Å². The van der Waals surface area contributed by atoms with E-state index in [-0.39, 0.29) is 0 Å². The molecule has 21 heavy (non-hydrogen) atoms. The van der Waals surface area contributed by atoms with Crippen molar-refractivity contribution in [3.8, 4) is 11.5 Å². The van der Waals surface area contributed by atoms with Crippen molar-refractivity contribution in [3.05, 3.63) is 24.3 Å². The van der Waals surface area contributed by atoms with Gasteiger partial charge in [-0.3, -0.25) is 0 Å². The van der Waals surface area contributed by atoms with Crippen molar-refractivity contribution in [1.82, 2.24) is 5.32 Å². The lowest BCUT2D eigenvalue weighted by Crippen LogP contribution is -2.33. The first-order chi connectivity index (χ1) is 10.3. The standard InChI is InChI=1S/C17H26ClNO2/c1-2-20-16-9-5-6-10-17(16)21-12-11-19-13-14-7-3-4-8-15(14)18/h5-6,9-10,14-15,19H,2-4,7-8,11-13H2,1H3. The molecule has 0 aliphatic heterocycles. The van der Waals surface area contributed by atoms with Crippen LogP contribution in [0.3, 0.4) is 0 Å². The Morgan fingerprint density at radius 1 is 1.14 bits per heavy atom. The van der Waals surface area contributed by atoms with E-state index in [0.29, 0.717) is 24.5 Å². The van der Waals surface area contributed by atoms with Gasteiger partial charge < -0.3 is 14.8 Å². The maximum atomic E-state index is 6.36. The van der Waals surface area contributed by atoms with Crippen molar-refractivity contribution >= 4 is 11.6 Å². The van der Waals surface area contributed by atoms with Crippen LogP contribution in [0.2, 0.25) is 0 Å². The molecule has 1 saturated carbocycles. The zero-order valence-electron chi connectivity index (χ0n) is 12.8. The van der Waals surface area contributed by atoms with Crippen molar-refractivity contribution in [2.45, 2.75) is 38.0 Å². The van der Waals surface area contributed by atoms with Crippen LogP contribution in [-0.2, 0) is 0 Å².